The van der Waals surface area contributed by atoms with Gasteiger partial charge < -0.3 is 9.88 Å². The van der Waals surface area contributed by atoms with E-state index in [2.05, 4.69) is 41.2 Å². The number of halogens is 1. The van der Waals surface area contributed by atoms with E-state index in [-0.39, 0.29) is 5.82 Å². The fraction of sp³-hybridized carbons (Fsp3) is 0.476. The molecule has 0 aliphatic rings. The molecular formula is C21H31FN4O2. The fourth-order valence-electron chi connectivity index (χ4n) is 3.32. The maximum absolute atomic E-state index is 13.8. The molecule has 2 aromatic rings. The number of hydrogen-bond donors (Lipinski definition) is 4. The highest BCUT2D eigenvalue weighted by Gasteiger charge is 2.18. The zero-order valence-electron chi connectivity index (χ0n) is 17.1. The molecule has 0 bridgehead atoms. The standard InChI is InChI=1S/C21H31FN4O2/c1-14-11-18(12-15(2)20(14)22)24-19(21(27)25-28)7-5-6-10-23-13-26-16(3)8-9-17(26)4/h8-9,11-12,19,23-24,28H,5-7,10,13H2,1-4H3,(H,25,27)/t19-/m1/s1. The van der Waals surface area contributed by atoms with Gasteiger partial charge in [0, 0.05) is 17.1 Å². The maximum Gasteiger partial charge on any atom is 0.265 e. The van der Waals surface area contributed by atoms with E-state index in [4.69, 9.17) is 5.21 Å². The van der Waals surface area contributed by atoms with E-state index in [1.165, 1.54) is 11.4 Å². The van der Waals surface area contributed by atoms with Gasteiger partial charge in [0.25, 0.3) is 5.91 Å². The molecule has 1 atom stereocenters. The zero-order valence-corrected chi connectivity index (χ0v) is 17.1. The highest BCUT2D eigenvalue weighted by atomic mass is 19.1. The molecule has 6 nitrogen and oxygen atoms in total. The number of nitrogens with zero attached hydrogens (tertiary/aromatic N) is 1. The lowest BCUT2D eigenvalue weighted by Gasteiger charge is -2.19. The van der Waals surface area contributed by atoms with Crippen molar-refractivity contribution in [3.63, 3.8) is 0 Å². The Morgan fingerprint density at radius 3 is 2.29 bits per heavy atom. The van der Waals surface area contributed by atoms with Crippen LogP contribution in [-0.4, -0.2) is 28.3 Å². The second-order valence-electron chi connectivity index (χ2n) is 7.30. The largest absolute Gasteiger partial charge is 0.374 e. The van der Waals surface area contributed by atoms with E-state index in [1.54, 1.807) is 31.5 Å². The number of aryl methyl sites for hydroxylation is 4. The minimum Gasteiger partial charge on any atom is -0.374 e. The van der Waals surface area contributed by atoms with Gasteiger partial charge in [-0.3, -0.25) is 15.3 Å². The van der Waals surface area contributed by atoms with Crippen LogP contribution in [-0.2, 0) is 11.5 Å². The first kappa shape index (κ1) is 21.9. The topological polar surface area (TPSA) is 78.3 Å². The monoisotopic (exact) mass is 390 g/mol. The highest BCUT2D eigenvalue weighted by molar-refractivity contribution is 5.83. The molecule has 0 aliphatic heterocycles. The van der Waals surface area contributed by atoms with Crippen LogP contribution >= 0.6 is 0 Å². The van der Waals surface area contributed by atoms with Gasteiger partial charge in [0.15, 0.2) is 0 Å². The van der Waals surface area contributed by atoms with Gasteiger partial charge in [-0.25, -0.2) is 9.87 Å². The van der Waals surface area contributed by atoms with Crippen LogP contribution in [0, 0.1) is 33.5 Å². The van der Waals surface area contributed by atoms with Crippen molar-refractivity contribution >= 4 is 11.6 Å². The quantitative estimate of drug-likeness (QED) is 0.284. The molecule has 0 saturated heterocycles. The van der Waals surface area contributed by atoms with E-state index < -0.39 is 11.9 Å². The second-order valence-corrected chi connectivity index (χ2v) is 7.30. The first-order valence-electron chi connectivity index (χ1n) is 9.64. The maximum atomic E-state index is 13.8. The van der Waals surface area contributed by atoms with Crippen LogP contribution in [0.15, 0.2) is 24.3 Å². The Bertz CT molecular complexity index is 761. The first-order chi connectivity index (χ1) is 13.3. The summed E-state index contributed by atoms with van der Waals surface area (Å²) >= 11 is 0. The summed E-state index contributed by atoms with van der Waals surface area (Å²) in [5, 5.41) is 15.5. The van der Waals surface area contributed by atoms with Crippen LogP contribution in [0.25, 0.3) is 0 Å². The van der Waals surface area contributed by atoms with Gasteiger partial charge in [-0.2, -0.15) is 0 Å². The third-order valence-electron chi connectivity index (χ3n) is 4.99. The Hall–Kier alpha value is -2.38. The molecule has 1 aromatic carbocycles. The van der Waals surface area contributed by atoms with Gasteiger partial charge in [-0.15, -0.1) is 0 Å². The predicted octanol–water partition coefficient (Wildman–Crippen LogP) is 3.56. The molecule has 2 rings (SSSR count). The van der Waals surface area contributed by atoms with Crippen LogP contribution in [0.1, 0.15) is 41.8 Å². The summed E-state index contributed by atoms with van der Waals surface area (Å²) in [5.41, 5.74) is 5.86. The highest BCUT2D eigenvalue weighted by Crippen LogP contribution is 2.20. The summed E-state index contributed by atoms with van der Waals surface area (Å²) in [7, 11) is 0. The van der Waals surface area contributed by atoms with Crippen LogP contribution in [0.5, 0.6) is 0 Å². The summed E-state index contributed by atoms with van der Waals surface area (Å²) in [4.78, 5) is 12.0. The minimum atomic E-state index is -0.580. The molecule has 0 radical (unpaired) electrons. The SMILES string of the molecule is Cc1cc(N[C@H](CCCCNCn2c(C)ccc2C)C(=O)NO)cc(C)c1F. The van der Waals surface area contributed by atoms with E-state index in [0.29, 0.717) is 23.2 Å². The van der Waals surface area contributed by atoms with Gasteiger partial charge in [-0.05, 0) is 88.9 Å². The molecule has 1 heterocycles. The third kappa shape index (κ3) is 5.81. The number of nitrogens with one attached hydrogen (secondary N) is 3. The summed E-state index contributed by atoms with van der Waals surface area (Å²) in [6, 6.07) is 6.95. The Labute approximate surface area is 166 Å². The molecule has 28 heavy (non-hydrogen) atoms. The number of amides is 1. The van der Waals surface area contributed by atoms with Crippen molar-refractivity contribution in [2.24, 2.45) is 0 Å². The lowest BCUT2D eigenvalue weighted by atomic mass is 10.1. The molecule has 0 saturated carbocycles. The van der Waals surface area contributed by atoms with E-state index in [9.17, 15) is 9.18 Å². The van der Waals surface area contributed by atoms with Crippen molar-refractivity contribution in [2.45, 2.75) is 59.7 Å². The van der Waals surface area contributed by atoms with Crippen LogP contribution in [0.4, 0.5) is 10.1 Å². The van der Waals surface area contributed by atoms with Crippen LogP contribution < -0.4 is 16.1 Å². The molecule has 1 amide bonds. The summed E-state index contributed by atoms with van der Waals surface area (Å²) in [6.07, 6.45) is 2.27. The Kier molecular flexibility index (Phi) is 8.02. The van der Waals surface area contributed by atoms with Crippen molar-refractivity contribution in [2.75, 3.05) is 11.9 Å². The van der Waals surface area contributed by atoms with Crippen LogP contribution in [0.2, 0.25) is 0 Å². The average molecular weight is 391 g/mol. The third-order valence-corrected chi connectivity index (χ3v) is 4.99. The number of hydroxylamine groups is 1. The van der Waals surface area contributed by atoms with Gasteiger partial charge in [0.1, 0.15) is 11.9 Å². The Morgan fingerprint density at radius 1 is 1.11 bits per heavy atom. The molecule has 154 valence electrons. The van der Waals surface area contributed by atoms with Crippen molar-refractivity contribution in [3.05, 3.63) is 52.6 Å². The van der Waals surface area contributed by atoms with Gasteiger partial charge >= 0.3 is 0 Å². The number of anilines is 1. The molecule has 0 fully saturated rings. The number of rotatable bonds is 10. The number of unbranched alkanes of at least 4 members (excludes halogenated alkanes) is 1. The fourth-order valence-corrected chi connectivity index (χ4v) is 3.32. The lowest BCUT2D eigenvalue weighted by Crippen LogP contribution is -2.38. The molecular weight excluding hydrogens is 359 g/mol. The Balaban J connectivity index is 1.81. The number of hydrogen-bond acceptors (Lipinski definition) is 4. The normalized spacial score (nSPS) is 12.1. The average Bonchev–Trinajstić information content (AvgIpc) is 2.98. The summed E-state index contributed by atoms with van der Waals surface area (Å²) in [6.45, 7) is 9.13. The number of carbonyl (C=O) groups excluding carboxylic acids is 1. The number of aromatic nitrogens is 1. The lowest BCUT2D eigenvalue weighted by molar-refractivity contribution is -0.130. The Morgan fingerprint density at radius 2 is 1.71 bits per heavy atom. The van der Waals surface area contributed by atoms with Gasteiger partial charge in [-0.1, -0.05) is 0 Å². The first-order valence-corrected chi connectivity index (χ1v) is 9.64. The van der Waals surface area contributed by atoms with Gasteiger partial charge in [0.2, 0.25) is 0 Å². The van der Waals surface area contributed by atoms with Crippen LogP contribution in [0.3, 0.4) is 0 Å². The van der Waals surface area contributed by atoms with E-state index >= 15 is 0 Å². The minimum absolute atomic E-state index is 0.243. The molecule has 0 unspecified atom stereocenters. The second kappa shape index (κ2) is 10.2. The zero-order chi connectivity index (χ0) is 20.7. The van der Waals surface area contributed by atoms with E-state index in [0.717, 1.165) is 26.1 Å². The molecule has 4 N–H and O–H groups in total. The molecule has 0 aliphatic carbocycles. The number of carbonyl (C=O) groups is 1. The number of benzene rings is 1. The molecule has 7 heteroatoms. The smallest absolute Gasteiger partial charge is 0.265 e. The van der Waals surface area contributed by atoms with Gasteiger partial charge in [0.05, 0.1) is 6.67 Å². The molecule has 1 aromatic heterocycles. The predicted molar refractivity (Wildman–Crippen MR) is 109 cm³/mol. The van der Waals surface area contributed by atoms with Crippen molar-refractivity contribution in [1.29, 1.82) is 0 Å². The van der Waals surface area contributed by atoms with Crippen molar-refractivity contribution in [3.8, 4) is 0 Å². The van der Waals surface area contributed by atoms with Crippen molar-refractivity contribution < 1.29 is 14.4 Å². The summed E-state index contributed by atoms with van der Waals surface area (Å²) in [5.74, 6) is -0.737. The van der Waals surface area contributed by atoms with Crippen molar-refractivity contribution in [1.82, 2.24) is 15.4 Å². The molecule has 0 spiro atoms. The summed E-state index contributed by atoms with van der Waals surface area (Å²) < 4.78 is 16.0. The van der Waals surface area contributed by atoms with E-state index in [1.807, 2.05) is 0 Å².